The van der Waals surface area contributed by atoms with Crippen LogP contribution >= 0.6 is 15.9 Å². The summed E-state index contributed by atoms with van der Waals surface area (Å²) in [4.78, 5) is 11.9. The molecule has 4 heteroatoms. The van der Waals surface area contributed by atoms with E-state index in [0.717, 1.165) is 10.0 Å². The van der Waals surface area contributed by atoms with Crippen molar-refractivity contribution in [1.82, 2.24) is 5.32 Å². The predicted molar refractivity (Wildman–Crippen MR) is 71.8 cm³/mol. The summed E-state index contributed by atoms with van der Waals surface area (Å²) >= 11 is 3.40. The van der Waals surface area contributed by atoms with Gasteiger partial charge in [0.05, 0.1) is 6.61 Å². The van der Waals surface area contributed by atoms with Crippen LogP contribution in [0, 0.1) is 0 Å². The molecule has 0 aliphatic rings. The van der Waals surface area contributed by atoms with Crippen molar-refractivity contribution in [1.29, 1.82) is 0 Å². The Kier molecular flexibility index (Phi) is 5.65. The number of halogens is 1. The van der Waals surface area contributed by atoms with Crippen LogP contribution in [0.2, 0.25) is 0 Å². The van der Waals surface area contributed by atoms with Gasteiger partial charge in [0.2, 0.25) is 0 Å². The molecule has 0 aromatic heterocycles. The molecule has 17 heavy (non-hydrogen) atoms. The topological polar surface area (TPSA) is 38.3 Å². The molecule has 1 N–H and O–H groups in total. The number of carbonyl (C=O) groups excluding carboxylic acids is 1. The first kappa shape index (κ1) is 14.2. The normalized spacial score (nSPS) is 12.5. The first-order valence-electron chi connectivity index (χ1n) is 5.72. The van der Waals surface area contributed by atoms with Crippen LogP contribution in [0.3, 0.4) is 0 Å². The summed E-state index contributed by atoms with van der Waals surface area (Å²) in [5, 5.41) is 3.21. The van der Waals surface area contributed by atoms with Gasteiger partial charge in [-0.05, 0) is 38.5 Å². The van der Waals surface area contributed by atoms with Crippen molar-refractivity contribution in [2.45, 2.75) is 32.9 Å². The average molecular weight is 300 g/mol. The fourth-order valence-electron chi connectivity index (χ4n) is 1.55. The van der Waals surface area contributed by atoms with Crippen LogP contribution in [0.1, 0.15) is 32.4 Å². The van der Waals surface area contributed by atoms with Crippen LogP contribution in [0.25, 0.3) is 0 Å². The molecule has 94 valence electrons. The van der Waals surface area contributed by atoms with Gasteiger partial charge in [0.15, 0.2) is 0 Å². The van der Waals surface area contributed by atoms with Crippen LogP contribution in [0.15, 0.2) is 28.7 Å². The molecule has 1 aromatic rings. The second kappa shape index (κ2) is 6.77. The molecule has 0 heterocycles. The van der Waals surface area contributed by atoms with Crippen molar-refractivity contribution < 1.29 is 9.53 Å². The van der Waals surface area contributed by atoms with E-state index in [9.17, 15) is 4.79 Å². The first-order valence-corrected chi connectivity index (χ1v) is 6.52. The third-order valence-corrected chi connectivity index (χ3v) is 2.70. The van der Waals surface area contributed by atoms with Crippen molar-refractivity contribution in [3.05, 3.63) is 34.3 Å². The molecule has 0 aliphatic carbocycles. The number of hydrogen-bond acceptors (Lipinski definition) is 3. The fourth-order valence-corrected chi connectivity index (χ4v) is 1.96. The van der Waals surface area contributed by atoms with Gasteiger partial charge in [0, 0.05) is 10.5 Å². The molecule has 0 aliphatic heterocycles. The van der Waals surface area contributed by atoms with E-state index >= 15 is 0 Å². The van der Waals surface area contributed by atoms with Gasteiger partial charge in [-0.2, -0.15) is 0 Å². The van der Waals surface area contributed by atoms with E-state index in [1.165, 1.54) is 0 Å². The monoisotopic (exact) mass is 299 g/mol. The molecule has 3 nitrogen and oxygen atoms in total. The molecule has 0 saturated heterocycles. The zero-order valence-corrected chi connectivity index (χ0v) is 12.0. The van der Waals surface area contributed by atoms with Crippen LogP contribution in [-0.4, -0.2) is 18.6 Å². The number of esters is 1. The van der Waals surface area contributed by atoms with Gasteiger partial charge in [-0.15, -0.1) is 0 Å². The zero-order valence-electron chi connectivity index (χ0n) is 10.4. The molecule has 0 radical (unpaired) electrons. The summed E-state index contributed by atoms with van der Waals surface area (Å²) in [7, 11) is 0. The van der Waals surface area contributed by atoms with Crippen molar-refractivity contribution in [2.75, 3.05) is 6.61 Å². The van der Waals surface area contributed by atoms with E-state index in [1.807, 2.05) is 45.0 Å². The lowest BCUT2D eigenvalue weighted by Gasteiger charge is -2.20. The highest BCUT2D eigenvalue weighted by Crippen LogP contribution is 2.20. The Labute approximate surface area is 111 Å². The Morgan fingerprint density at radius 3 is 2.71 bits per heavy atom. The lowest BCUT2D eigenvalue weighted by molar-refractivity contribution is -0.146. The minimum Gasteiger partial charge on any atom is -0.465 e. The highest BCUT2D eigenvalue weighted by atomic mass is 79.9. The summed E-state index contributed by atoms with van der Waals surface area (Å²) in [6, 6.07) is 7.49. The van der Waals surface area contributed by atoms with Gasteiger partial charge in [0.1, 0.15) is 6.04 Å². The summed E-state index contributed by atoms with van der Waals surface area (Å²) in [6.45, 7) is 6.21. The number of carbonyl (C=O) groups is 1. The summed E-state index contributed by atoms with van der Waals surface area (Å²) in [6.07, 6.45) is 0. The van der Waals surface area contributed by atoms with E-state index in [2.05, 4.69) is 21.2 Å². The summed E-state index contributed by atoms with van der Waals surface area (Å²) in [5.41, 5.74) is 0.909. The van der Waals surface area contributed by atoms with E-state index in [1.54, 1.807) is 0 Å². The minimum atomic E-state index is -0.410. The fraction of sp³-hybridized carbons (Fsp3) is 0.462. The van der Waals surface area contributed by atoms with Gasteiger partial charge in [0.25, 0.3) is 0 Å². The zero-order chi connectivity index (χ0) is 12.8. The number of hydrogen-bond donors (Lipinski definition) is 1. The van der Waals surface area contributed by atoms with E-state index in [4.69, 9.17) is 4.74 Å². The average Bonchev–Trinajstić information content (AvgIpc) is 2.26. The molecular weight excluding hydrogens is 282 g/mol. The maximum Gasteiger partial charge on any atom is 0.327 e. The number of nitrogens with one attached hydrogen (secondary N) is 1. The highest BCUT2D eigenvalue weighted by molar-refractivity contribution is 9.10. The highest BCUT2D eigenvalue weighted by Gasteiger charge is 2.22. The molecular formula is C13H18BrNO2. The third-order valence-electron chi connectivity index (χ3n) is 2.20. The van der Waals surface area contributed by atoms with Crippen LogP contribution in [0.4, 0.5) is 0 Å². The summed E-state index contributed by atoms with van der Waals surface area (Å²) in [5.74, 6) is -0.237. The Morgan fingerprint density at radius 1 is 1.47 bits per heavy atom. The molecule has 0 fully saturated rings. The SMILES string of the molecule is CCOC(=O)C(NC(C)C)c1cccc(Br)c1. The Morgan fingerprint density at radius 2 is 2.18 bits per heavy atom. The van der Waals surface area contributed by atoms with Crippen molar-refractivity contribution in [3.8, 4) is 0 Å². The number of ether oxygens (including phenoxy) is 1. The predicted octanol–water partition coefficient (Wildman–Crippen LogP) is 3.05. The van der Waals surface area contributed by atoms with Crippen LogP contribution in [0.5, 0.6) is 0 Å². The standard InChI is InChI=1S/C13H18BrNO2/c1-4-17-13(16)12(15-9(2)3)10-6-5-7-11(14)8-10/h5-9,12,15H,4H2,1-3H3. The number of rotatable bonds is 5. The quantitative estimate of drug-likeness (QED) is 0.849. The van der Waals surface area contributed by atoms with E-state index < -0.39 is 6.04 Å². The van der Waals surface area contributed by atoms with Gasteiger partial charge in [-0.3, -0.25) is 5.32 Å². The Bertz CT molecular complexity index is 379. The molecule has 0 amide bonds. The van der Waals surface area contributed by atoms with E-state index in [-0.39, 0.29) is 12.0 Å². The molecule has 1 atom stereocenters. The minimum absolute atomic E-state index is 0.211. The van der Waals surface area contributed by atoms with Crippen LogP contribution < -0.4 is 5.32 Å². The van der Waals surface area contributed by atoms with E-state index in [0.29, 0.717) is 6.61 Å². The summed E-state index contributed by atoms with van der Waals surface area (Å²) < 4.78 is 6.04. The lowest BCUT2D eigenvalue weighted by atomic mass is 10.1. The second-order valence-electron chi connectivity index (χ2n) is 4.06. The van der Waals surface area contributed by atoms with Gasteiger partial charge >= 0.3 is 5.97 Å². The van der Waals surface area contributed by atoms with Crippen LogP contribution in [-0.2, 0) is 9.53 Å². The molecule has 1 aromatic carbocycles. The van der Waals surface area contributed by atoms with Gasteiger partial charge in [-0.1, -0.05) is 28.1 Å². The van der Waals surface area contributed by atoms with Crippen molar-refractivity contribution >= 4 is 21.9 Å². The van der Waals surface area contributed by atoms with Gasteiger partial charge in [-0.25, -0.2) is 4.79 Å². The number of benzene rings is 1. The Balaban J connectivity index is 2.93. The first-order chi connectivity index (χ1) is 8.04. The molecule has 0 bridgehead atoms. The molecule has 1 rings (SSSR count). The van der Waals surface area contributed by atoms with Crippen molar-refractivity contribution in [2.24, 2.45) is 0 Å². The largest absolute Gasteiger partial charge is 0.465 e. The molecule has 0 spiro atoms. The van der Waals surface area contributed by atoms with Gasteiger partial charge < -0.3 is 4.74 Å². The van der Waals surface area contributed by atoms with Crippen molar-refractivity contribution in [3.63, 3.8) is 0 Å². The second-order valence-corrected chi connectivity index (χ2v) is 4.98. The maximum absolute atomic E-state index is 11.9. The smallest absolute Gasteiger partial charge is 0.327 e. The lowest BCUT2D eigenvalue weighted by Crippen LogP contribution is -2.34. The Hall–Kier alpha value is -0.870. The molecule has 1 unspecified atom stereocenters. The molecule has 0 saturated carbocycles. The third kappa shape index (κ3) is 4.48. The maximum atomic E-state index is 11.9.